The van der Waals surface area contributed by atoms with Crippen molar-refractivity contribution in [2.45, 2.75) is 31.1 Å². The van der Waals surface area contributed by atoms with Crippen LogP contribution in [-0.2, 0) is 9.53 Å². The first kappa shape index (κ1) is 15.2. The average Bonchev–Trinajstić information content (AvgIpc) is 2.14. The minimum Gasteiger partial charge on any atom is -0.475 e. The normalized spacial score (nSPS) is 25.9. The van der Waals surface area contributed by atoms with Crippen molar-refractivity contribution in [2.24, 2.45) is 5.73 Å². The summed E-state index contributed by atoms with van der Waals surface area (Å²) in [5, 5.41) is 7.12. The summed E-state index contributed by atoms with van der Waals surface area (Å²) in [6, 6.07) is 1.09. The van der Waals surface area contributed by atoms with Gasteiger partial charge in [0.15, 0.2) is 0 Å². The second-order valence-corrected chi connectivity index (χ2v) is 4.39. The summed E-state index contributed by atoms with van der Waals surface area (Å²) in [4.78, 5) is 11.4. The zero-order valence-corrected chi connectivity index (χ0v) is 9.82. The summed E-state index contributed by atoms with van der Waals surface area (Å²) in [7, 11) is 0. The van der Waals surface area contributed by atoms with E-state index in [2.05, 4.69) is 4.90 Å². The van der Waals surface area contributed by atoms with Gasteiger partial charge in [0.2, 0.25) is 0 Å². The third-order valence-corrected chi connectivity index (χ3v) is 2.87. The van der Waals surface area contributed by atoms with Gasteiger partial charge in [0.25, 0.3) is 0 Å². The van der Waals surface area contributed by atoms with E-state index in [0.717, 1.165) is 19.8 Å². The number of carboxylic acids is 1. The molecule has 2 fully saturated rings. The molecule has 2 heterocycles. The van der Waals surface area contributed by atoms with E-state index in [1.54, 1.807) is 0 Å². The first-order valence-corrected chi connectivity index (χ1v) is 5.68. The second-order valence-electron chi connectivity index (χ2n) is 4.39. The maximum absolute atomic E-state index is 10.6. The Bertz CT molecular complexity index is 282. The minimum atomic E-state index is -5.08. The van der Waals surface area contributed by atoms with Crippen molar-refractivity contribution in [3.8, 4) is 0 Å². The van der Waals surface area contributed by atoms with E-state index < -0.39 is 12.1 Å². The molecule has 8 heteroatoms. The van der Waals surface area contributed by atoms with Gasteiger partial charge in [0, 0.05) is 12.6 Å². The largest absolute Gasteiger partial charge is 0.490 e. The van der Waals surface area contributed by atoms with Gasteiger partial charge in [0.1, 0.15) is 0 Å². The number of aliphatic carboxylic acids is 1. The molecule has 2 aliphatic heterocycles. The van der Waals surface area contributed by atoms with Crippen LogP contribution in [0.3, 0.4) is 0 Å². The standard InChI is InChI=1S/C8H16N2O.C2HF3O2/c9-7-2-1-3-10(4-7)8-5-11-6-8;3-2(4,5)1(6)7/h7-8H,1-6,9H2;(H,6,7)/t7-;/m0./s1. The van der Waals surface area contributed by atoms with Gasteiger partial charge in [-0.15, -0.1) is 0 Å². The molecule has 0 spiro atoms. The first-order chi connectivity index (χ1) is 8.30. The lowest BCUT2D eigenvalue weighted by atomic mass is 10.0. The number of carboxylic acid groups (broad SMARTS) is 1. The average molecular weight is 270 g/mol. The fourth-order valence-corrected chi connectivity index (χ4v) is 1.81. The number of halogens is 3. The van der Waals surface area contributed by atoms with Crippen molar-refractivity contribution in [1.82, 2.24) is 4.90 Å². The number of nitrogens with zero attached hydrogens (tertiary/aromatic N) is 1. The van der Waals surface area contributed by atoms with E-state index >= 15 is 0 Å². The number of ether oxygens (including phenoxy) is 1. The van der Waals surface area contributed by atoms with Crippen LogP contribution in [0.4, 0.5) is 13.2 Å². The van der Waals surface area contributed by atoms with Gasteiger partial charge < -0.3 is 15.6 Å². The molecule has 0 radical (unpaired) electrons. The Morgan fingerprint density at radius 3 is 2.28 bits per heavy atom. The molecular weight excluding hydrogens is 253 g/mol. The summed E-state index contributed by atoms with van der Waals surface area (Å²) in [5.41, 5.74) is 5.86. The molecule has 3 N–H and O–H groups in total. The van der Waals surface area contributed by atoms with E-state index in [0.29, 0.717) is 12.1 Å². The molecule has 0 aromatic heterocycles. The fraction of sp³-hybridized carbons (Fsp3) is 0.900. The number of alkyl halides is 3. The predicted molar refractivity (Wildman–Crippen MR) is 57.1 cm³/mol. The van der Waals surface area contributed by atoms with Crippen molar-refractivity contribution in [3.05, 3.63) is 0 Å². The molecule has 2 aliphatic rings. The summed E-state index contributed by atoms with van der Waals surface area (Å²) in [6.45, 7) is 4.15. The van der Waals surface area contributed by atoms with Gasteiger partial charge >= 0.3 is 12.1 Å². The molecule has 5 nitrogen and oxygen atoms in total. The molecule has 0 aromatic rings. The van der Waals surface area contributed by atoms with Crippen LogP contribution in [-0.4, -0.2) is 60.5 Å². The van der Waals surface area contributed by atoms with Crippen LogP contribution < -0.4 is 5.73 Å². The van der Waals surface area contributed by atoms with Crippen LogP contribution >= 0.6 is 0 Å². The summed E-state index contributed by atoms with van der Waals surface area (Å²) >= 11 is 0. The lowest BCUT2D eigenvalue weighted by Crippen LogP contribution is -2.55. The maximum Gasteiger partial charge on any atom is 0.490 e. The molecule has 0 aromatic carbocycles. The molecule has 0 unspecified atom stereocenters. The minimum absolute atomic E-state index is 0.407. The number of nitrogens with two attached hydrogens (primary N) is 1. The fourth-order valence-electron chi connectivity index (χ4n) is 1.81. The van der Waals surface area contributed by atoms with Gasteiger partial charge in [0.05, 0.1) is 19.3 Å². The van der Waals surface area contributed by atoms with Crippen LogP contribution in [0, 0.1) is 0 Å². The van der Waals surface area contributed by atoms with Gasteiger partial charge in [-0.1, -0.05) is 0 Å². The van der Waals surface area contributed by atoms with Crippen LogP contribution in [0.15, 0.2) is 0 Å². The van der Waals surface area contributed by atoms with Gasteiger partial charge in [-0.2, -0.15) is 13.2 Å². The third-order valence-electron chi connectivity index (χ3n) is 2.87. The lowest BCUT2D eigenvalue weighted by molar-refractivity contribution is -0.192. The van der Waals surface area contributed by atoms with Crippen LogP contribution in [0.5, 0.6) is 0 Å². The number of hydrogen-bond donors (Lipinski definition) is 2. The topological polar surface area (TPSA) is 75.8 Å². The molecule has 106 valence electrons. The maximum atomic E-state index is 10.6. The van der Waals surface area contributed by atoms with Gasteiger partial charge in [-0.25, -0.2) is 4.79 Å². The SMILES string of the molecule is N[C@H]1CCCN(C2COC2)C1.O=C(O)C(F)(F)F. The molecule has 0 bridgehead atoms. The van der Waals surface area contributed by atoms with E-state index in [1.807, 2.05) is 0 Å². The lowest BCUT2D eigenvalue weighted by Gasteiger charge is -2.41. The van der Waals surface area contributed by atoms with E-state index in [1.165, 1.54) is 19.4 Å². The summed E-state index contributed by atoms with van der Waals surface area (Å²) < 4.78 is 36.9. The Morgan fingerprint density at radius 1 is 1.39 bits per heavy atom. The summed E-state index contributed by atoms with van der Waals surface area (Å²) in [5.74, 6) is -2.76. The number of hydrogen-bond acceptors (Lipinski definition) is 4. The molecule has 2 rings (SSSR count). The molecule has 0 amide bonds. The number of carbonyl (C=O) groups is 1. The Labute approximate surface area is 103 Å². The smallest absolute Gasteiger partial charge is 0.475 e. The van der Waals surface area contributed by atoms with E-state index in [4.69, 9.17) is 20.4 Å². The molecule has 18 heavy (non-hydrogen) atoms. The highest BCUT2D eigenvalue weighted by Gasteiger charge is 2.38. The number of piperidine rings is 1. The highest BCUT2D eigenvalue weighted by atomic mass is 19.4. The highest BCUT2D eigenvalue weighted by Crippen LogP contribution is 2.16. The third kappa shape index (κ3) is 4.79. The second kappa shape index (κ2) is 6.35. The van der Waals surface area contributed by atoms with E-state index in [9.17, 15) is 13.2 Å². The van der Waals surface area contributed by atoms with Crippen molar-refractivity contribution < 1.29 is 27.8 Å². The summed E-state index contributed by atoms with van der Waals surface area (Å²) in [6.07, 6.45) is -2.62. The molecule has 2 saturated heterocycles. The van der Waals surface area contributed by atoms with Gasteiger partial charge in [-0.3, -0.25) is 4.90 Å². The monoisotopic (exact) mass is 270 g/mol. The zero-order valence-electron chi connectivity index (χ0n) is 9.82. The van der Waals surface area contributed by atoms with Crippen LogP contribution in [0.1, 0.15) is 12.8 Å². The van der Waals surface area contributed by atoms with Crippen LogP contribution in [0.25, 0.3) is 0 Å². The first-order valence-electron chi connectivity index (χ1n) is 5.68. The quantitative estimate of drug-likeness (QED) is 0.723. The van der Waals surface area contributed by atoms with Crippen LogP contribution in [0.2, 0.25) is 0 Å². The molecule has 1 atom stereocenters. The number of likely N-dealkylation sites (tertiary alicyclic amines) is 1. The van der Waals surface area contributed by atoms with Crippen molar-refractivity contribution >= 4 is 5.97 Å². The Balaban J connectivity index is 0.000000203. The predicted octanol–water partition coefficient (Wildman–Crippen LogP) is 0.442. The molecule has 0 aliphatic carbocycles. The highest BCUT2D eigenvalue weighted by molar-refractivity contribution is 5.73. The van der Waals surface area contributed by atoms with E-state index in [-0.39, 0.29) is 0 Å². The van der Waals surface area contributed by atoms with Crippen molar-refractivity contribution in [1.29, 1.82) is 0 Å². The number of rotatable bonds is 1. The van der Waals surface area contributed by atoms with Crippen molar-refractivity contribution in [3.63, 3.8) is 0 Å². The van der Waals surface area contributed by atoms with Gasteiger partial charge in [-0.05, 0) is 19.4 Å². The Kier molecular flexibility index (Phi) is 5.36. The Hall–Kier alpha value is -0.860. The zero-order chi connectivity index (χ0) is 13.8. The molecule has 0 saturated carbocycles. The Morgan fingerprint density at radius 2 is 1.94 bits per heavy atom. The van der Waals surface area contributed by atoms with Crippen molar-refractivity contribution in [2.75, 3.05) is 26.3 Å². The molecular formula is C10H17F3N2O3.